The van der Waals surface area contributed by atoms with Gasteiger partial charge in [-0.2, -0.15) is 0 Å². The third-order valence-corrected chi connectivity index (χ3v) is 3.05. The van der Waals surface area contributed by atoms with Crippen LogP contribution in [-0.4, -0.2) is 21.0 Å². The van der Waals surface area contributed by atoms with Crippen LogP contribution in [0.3, 0.4) is 0 Å². The van der Waals surface area contributed by atoms with Crippen molar-refractivity contribution in [2.75, 3.05) is 0 Å². The Labute approximate surface area is 98.7 Å². The van der Waals surface area contributed by atoms with Gasteiger partial charge in [0.1, 0.15) is 0 Å². The molecule has 16 heavy (non-hydrogen) atoms. The maximum Gasteiger partial charge on any atom is 0.309 e. The molecule has 1 aromatic rings. The highest BCUT2D eigenvalue weighted by Gasteiger charge is 2.20. The maximum absolute atomic E-state index is 10.6. The number of carbonyl (C=O) groups is 1. The van der Waals surface area contributed by atoms with Gasteiger partial charge < -0.3 is 5.11 Å². The van der Waals surface area contributed by atoms with Crippen molar-refractivity contribution >= 4 is 17.6 Å². The highest BCUT2D eigenvalue weighted by Crippen LogP contribution is 2.33. The van der Waals surface area contributed by atoms with Gasteiger partial charge in [-0.1, -0.05) is 12.8 Å². The molecule has 0 aliphatic heterocycles. The van der Waals surface area contributed by atoms with Crippen LogP contribution in [0.2, 0.25) is 5.28 Å². The van der Waals surface area contributed by atoms with Crippen LogP contribution in [0, 0.1) is 0 Å². The van der Waals surface area contributed by atoms with Gasteiger partial charge in [-0.3, -0.25) is 4.79 Å². The Hall–Kier alpha value is -1.16. The summed E-state index contributed by atoms with van der Waals surface area (Å²) in [6.07, 6.45) is 4.54. The molecule has 4 nitrogen and oxygen atoms in total. The van der Waals surface area contributed by atoms with E-state index < -0.39 is 5.97 Å². The molecule has 1 fully saturated rings. The van der Waals surface area contributed by atoms with Gasteiger partial charge in [0.25, 0.3) is 0 Å². The lowest BCUT2D eigenvalue weighted by atomic mass is 10.0. The van der Waals surface area contributed by atoms with Crippen LogP contribution in [0.1, 0.15) is 43.0 Å². The van der Waals surface area contributed by atoms with Crippen molar-refractivity contribution in [1.82, 2.24) is 9.97 Å². The number of hydrogen-bond donors (Lipinski definition) is 1. The van der Waals surface area contributed by atoms with Crippen molar-refractivity contribution in [2.24, 2.45) is 0 Å². The van der Waals surface area contributed by atoms with Gasteiger partial charge in [-0.15, -0.1) is 0 Å². The summed E-state index contributed by atoms with van der Waals surface area (Å²) in [6.45, 7) is 0. The van der Waals surface area contributed by atoms with Gasteiger partial charge >= 0.3 is 5.97 Å². The lowest BCUT2D eigenvalue weighted by Crippen LogP contribution is -2.06. The first kappa shape index (κ1) is 11.3. The van der Waals surface area contributed by atoms with E-state index in [1.165, 1.54) is 12.8 Å². The Morgan fingerprint density at radius 1 is 1.44 bits per heavy atom. The smallest absolute Gasteiger partial charge is 0.309 e. The zero-order valence-electron chi connectivity index (χ0n) is 8.82. The molecule has 2 rings (SSSR count). The standard InChI is InChI=1S/C11H13ClN2O2/c12-11-13-8(6-10(15)16)5-9(14-11)7-3-1-2-4-7/h5,7H,1-4,6H2,(H,15,16). The number of aliphatic carboxylic acids is 1. The Balaban J connectivity index is 2.24. The second-order valence-corrected chi connectivity index (χ2v) is 4.44. The Kier molecular flexibility index (Phi) is 3.39. The first-order chi connectivity index (χ1) is 7.65. The zero-order valence-corrected chi connectivity index (χ0v) is 9.57. The topological polar surface area (TPSA) is 63.1 Å². The molecule has 1 aromatic heterocycles. The quantitative estimate of drug-likeness (QED) is 0.825. The number of rotatable bonds is 3. The summed E-state index contributed by atoms with van der Waals surface area (Å²) in [4.78, 5) is 18.7. The molecule has 0 saturated heterocycles. The van der Waals surface area contributed by atoms with Gasteiger partial charge in [-0.05, 0) is 30.5 Å². The van der Waals surface area contributed by atoms with Crippen LogP contribution in [-0.2, 0) is 11.2 Å². The molecular formula is C11H13ClN2O2. The van der Waals surface area contributed by atoms with E-state index in [2.05, 4.69) is 9.97 Å². The zero-order chi connectivity index (χ0) is 11.5. The summed E-state index contributed by atoms with van der Waals surface area (Å²) in [5.41, 5.74) is 1.39. The lowest BCUT2D eigenvalue weighted by molar-refractivity contribution is -0.136. The molecule has 0 atom stereocenters. The molecule has 0 radical (unpaired) electrons. The Morgan fingerprint density at radius 2 is 2.12 bits per heavy atom. The van der Waals surface area contributed by atoms with Crippen LogP contribution in [0.4, 0.5) is 0 Å². The van der Waals surface area contributed by atoms with Crippen LogP contribution >= 0.6 is 11.6 Å². The molecule has 0 bridgehead atoms. The normalized spacial score (nSPS) is 16.6. The average molecular weight is 241 g/mol. The predicted octanol–water partition coefficient (Wildman–Crippen LogP) is 2.41. The largest absolute Gasteiger partial charge is 0.481 e. The first-order valence-corrected chi connectivity index (χ1v) is 5.78. The number of carboxylic acid groups (broad SMARTS) is 1. The molecule has 1 N–H and O–H groups in total. The van der Waals surface area contributed by atoms with Gasteiger partial charge in [0.15, 0.2) is 0 Å². The van der Waals surface area contributed by atoms with Gasteiger partial charge in [0.05, 0.1) is 12.1 Å². The summed E-state index contributed by atoms with van der Waals surface area (Å²) < 4.78 is 0. The van der Waals surface area contributed by atoms with Crippen LogP contribution in [0.5, 0.6) is 0 Å². The van der Waals surface area contributed by atoms with Gasteiger partial charge in [0, 0.05) is 11.6 Å². The summed E-state index contributed by atoms with van der Waals surface area (Å²) in [5.74, 6) is -0.472. The number of halogens is 1. The fourth-order valence-electron chi connectivity index (χ4n) is 2.16. The fourth-order valence-corrected chi connectivity index (χ4v) is 2.37. The van der Waals surface area contributed by atoms with Crippen LogP contribution in [0.15, 0.2) is 6.07 Å². The predicted molar refractivity (Wildman–Crippen MR) is 59.6 cm³/mol. The molecule has 0 unspecified atom stereocenters. The van der Waals surface area contributed by atoms with Gasteiger partial charge in [0.2, 0.25) is 5.28 Å². The first-order valence-electron chi connectivity index (χ1n) is 5.40. The summed E-state index contributed by atoms with van der Waals surface area (Å²) >= 11 is 5.80. The molecule has 1 aliphatic carbocycles. The van der Waals surface area contributed by atoms with Crippen molar-refractivity contribution < 1.29 is 9.90 Å². The second kappa shape index (κ2) is 4.78. The average Bonchev–Trinajstić information content (AvgIpc) is 2.67. The molecule has 1 aliphatic rings. The molecular weight excluding hydrogens is 228 g/mol. The molecule has 5 heteroatoms. The fraction of sp³-hybridized carbons (Fsp3) is 0.545. The number of aromatic nitrogens is 2. The van der Waals surface area contributed by atoms with E-state index in [0.29, 0.717) is 11.6 Å². The number of hydrogen-bond acceptors (Lipinski definition) is 3. The molecule has 0 amide bonds. The van der Waals surface area contributed by atoms with E-state index in [0.717, 1.165) is 18.5 Å². The minimum Gasteiger partial charge on any atom is -0.481 e. The van der Waals surface area contributed by atoms with E-state index >= 15 is 0 Å². The van der Waals surface area contributed by atoms with Crippen molar-refractivity contribution in [1.29, 1.82) is 0 Å². The van der Waals surface area contributed by atoms with E-state index in [4.69, 9.17) is 16.7 Å². The molecule has 1 saturated carbocycles. The van der Waals surface area contributed by atoms with Crippen molar-refractivity contribution in [3.05, 3.63) is 22.7 Å². The van der Waals surface area contributed by atoms with Crippen LogP contribution in [0.25, 0.3) is 0 Å². The lowest BCUT2D eigenvalue weighted by Gasteiger charge is -2.09. The van der Waals surface area contributed by atoms with E-state index in [1.54, 1.807) is 6.07 Å². The highest BCUT2D eigenvalue weighted by atomic mass is 35.5. The SMILES string of the molecule is O=C(O)Cc1cc(C2CCCC2)nc(Cl)n1. The third kappa shape index (κ3) is 2.70. The van der Waals surface area contributed by atoms with Crippen molar-refractivity contribution in [2.45, 2.75) is 38.0 Å². The highest BCUT2D eigenvalue weighted by molar-refractivity contribution is 6.28. The summed E-state index contributed by atoms with van der Waals surface area (Å²) in [7, 11) is 0. The minimum atomic E-state index is -0.896. The third-order valence-electron chi connectivity index (χ3n) is 2.88. The molecule has 0 aromatic carbocycles. The van der Waals surface area contributed by atoms with E-state index in [9.17, 15) is 4.79 Å². The maximum atomic E-state index is 10.6. The van der Waals surface area contributed by atoms with Gasteiger partial charge in [-0.25, -0.2) is 9.97 Å². The summed E-state index contributed by atoms with van der Waals surface area (Å²) in [5, 5.41) is 8.86. The van der Waals surface area contributed by atoms with E-state index in [-0.39, 0.29) is 11.7 Å². The minimum absolute atomic E-state index is 0.0953. The Bertz CT molecular complexity index is 403. The summed E-state index contributed by atoms with van der Waals surface area (Å²) in [6, 6.07) is 1.77. The van der Waals surface area contributed by atoms with Crippen molar-refractivity contribution in [3.8, 4) is 0 Å². The number of nitrogens with zero attached hydrogens (tertiary/aromatic N) is 2. The second-order valence-electron chi connectivity index (χ2n) is 4.11. The van der Waals surface area contributed by atoms with E-state index in [1.807, 2.05) is 0 Å². The monoisotopic (exact) mass is 240 g/mol. The number of carboxylic acids is 1. The Morgan fingerprint density at radius 3 is 2.75 bits per heavy atom. The molecule has 86 valence electrons. The molecule has 0 spiro atoms. The molecule has 1 heterocycles. The van der Waals surface area contributed by atoms with Crippen molar-refractivity contribution in [3.63, 3.8) is 0 Å². The van der Waals surface area contributed by atoms with Crippen LogP contribution < -0.4 is 0 Å².